The van der Waals surface area contributed by atoms with E-state index in [4.69, 9.17) is 51.1 Å². The first-order valence-corrected chi connectivity index (χ1v) is 8.84. The predicted octanol–water partition coefficient (Wildman–Crippen LogP) is 4.90. The topological polar surface area (TPSA) is 74.1 Å². The van der Waals surface area contributed by atoms with E-state index >= 15 is 0 Å². The van der Waals surface area contributed by atoms with Gasteiger partial charge in [0.2, 0.25) is 11.5 Å². The van der Waals surface area contributed by atoms with Gasteiger partial charge in [0.1, 0.15) is 0 Å². The maximum atomic E-state index is 13.1. The van der Waals surface area contributed by atoms with E-state index in [1.165, 1.54) is 31.4 Å². The number of methoxy groups -OCH3 is 1. The van der Waals surface area contributed by atoms with Gasteiger partial charge in [-0.15, -0.1) is 5.10 Å². The first kappa shape index (κ1) is 19.6. The minimum atomic E-state index is -0.824. The number of aromatic nitrogens is 3. The molecule has 0 atom stereocenters. The lowest BCUT2D eigenvalue weighted by Crippen LogP contribution is -2.15. The van der Waals surface area contributed by atoms with Gasteiger partial charge in [0.05, 0.1) is 27.9 Å². The average Bonchev–Trinajstić information content (AvgIpc) is 3.07. The Morgan fingerprint density at radius 1 is 0.963 bits per heavy atom. The Balaban J connectivity index is 2.22. The van der Waals surface area contributed by atoms with Crippen molar-refractivity contribution in [2.45, 2.75) is 0 Å². The molecule has 0 aliphatic rings. The molecule has 0 aliphatic carbocycles. The number of ketones is 1. The number of hydrogen-bond acceptors (Lipinski definition) is 5. The third kappa shape index (κ3) is 3.80. The molecule has 27 heavy (non-hydrogen) atoms. The minimum absolute atomic E-state index is 0.135. The molecule has 1 aromatic heterocycles. The first-order chi connectivity index (χ1) is 12.8. The summed E-state index contributed by atoms with van der Waals surface area (Å²) in [4.78, 5) is 25.2. The molecular weight excluding hydrogens is 436 g/mol. The second-order valence-corrected chi connectivity index (χ2v) is 6.90. The van der Waals surface area contributed by atoms with Crippen LogP contribution >= 0.6 is 46.4 Å². The van der Waals surface area contributed by atoms with Crippen molar-refractivity contribution in [1.29, 1.82) is 0 Å². The molecule has 0 saturated carbocycles. The van der Waals surface area contributed by atoms with Crippen LogP contribution in [0.2, 0.25) is 20.1 Å². The molecule has 0 aliphatic heterocycles. The lowest BCUT2D eigenvalue weighted by atomic mass is 10.1. The summed E-state index contributed by atoms with van der Waals surface area (Å²) < 4.78 is 5.84. The number of carbonyl (C=O) groups excluding carboxylic acids is 2. The Labute approximate surface area is 173 Å². The van der Waals surface area contributed by atoms with Gasteiger partial charge >= 0.3 is 5.97 Å². The van der Waals surface area contributed by atoms with Gasteiger partial charge in [-0.25, -0.2) is 9.48 Å². The van der Waals surface area contributed by atoms with Gasteiger partial charge in [-0.1, -0.05) is 51.6 Å². The summed E-state index contributed by atoms with van der Waals surface area (Å²) in [5, 5.41) is 8.76. The van der Waals surface area contributed by atoms with Crippen LogP contribution in [0.25, 0.3) is 5.69 Å². The molecule has 0 saturated heterocycles. The fourth-order valence-electron chi connectivity index (χ4n) is 2.32. The van der Waals surface area contributed by atoms with Crippen molar-refractivity contribution in [2.75, 3.05) is 7.11 Å². The van der Waals surface area contributed by atoms with Crippen LogP contribution in [-0.4, -0.2) is 33.9 Å². The van der Waals surface area contributed by atoms with Crippen LogP contribution in [0.4, 0.5) is 0 Å². The fourth-order valence-corrected chi connectivity index (χ4v) is 3.10. The summed E-state index contributed by atoms with van der Waals surface area (Å²) in [5.74, 6) is -1.39. The van der Waals surface area contributed by atoms with E-state index in [-0.39, 0.29) is 32.0 Å². The summed E-state index contributed by atoms with van der Waals surface area (Å²) in [7, 11) is 1.17. The van der Waals surface area contributed by atoms with E-state index in [1.54, 1.807) is 12.1 Å². The van der Waals surface area contributed by atoms with Crippen LogP contribution in [-0.2, 0) is 4.74 Å². The summed E-state index contributed by atoms with van der Waals surface area (Å²) >= 11 is 24.0. The molecule has 0 unspecified atom stereocenters. The van der Waals surface area contributed by atoms with E-state index in [2.05, 4.69) is 10.3 Å². The van der Waals surface area contributed by atoms with Crippen molar-refractivity contribution in [1.82, 2.24) is 15.0 Å². The Morgan fingerprint density at radius 3 is 2.33 bits per heavy atom. The lowest BCUT2D eigenvalue weighted by molar-refractivity contribution is 0.0590. The number of esters is 1. The second-order valence-electron chi connectivity index (χ2n) is 5.24. The van der Waals surface area contributed by atoms with Crippen molar-refractivity contribution in [3.05, 3.63) is 73.4 Å². The summed E-state index contributed by atoms with van der Waals surface area (Å²) in [5.41, 5.74) is 0.0966. The molecule has 1 heterocycles. The highest BCUT2D eigenvalue weighted by Gasteiger charge is 2.28. The molecule has 10 heteroatoms. The van der Waals surface area contributed by atoms with Gasteiger partial charge in [-0.3, -0.25) is 4.79 Å². The van der Waals surface area contributed by atoms with Crippen LogP contribution in [0.3, 0.4) is 0 Å². The molecule has 0 bridgehead atoms. The Kier molecular flexibility index (Phi) is 5.72. The van der Waals surface area contributed by atoms with Crippen LogP contribution in [0.5, 0.6) is 0 Å². The number of nitrogens with zero attached hydrogens (tertiary/aromatic N) is 3. The number of halogens is 4. The summed E-state index contributed by atoms with van der Waals surface area (Å²) in [6.07, 6.45) is 0. The molecule has 138 valence electrons. The van der Waals surface area contributed by atoms with Gasteiger partial charge in [0.25, 0.3) is 0 Å². The minimum Gasteiger partial charge on any atom is -0.464 e. The molecule has 3 rings (SSSR count). The molecule has 6 nitrogen and oxygen atoms in total. The smallest absolute Gasteiger partial charge is 0.361 e. The third-order valence-electron chi connectivity index (χ3n) is 3.58. The summed E-state index contributed by atoms with van der Waals surface area (Å²) in [6, 6.07) is 8.91. The van der Waals surface area contributed by atoms with Gasteiger partial charge in [-0.05, 0) is 36.4 Å². The van der Waals surface area contributed by atoms with Crippen LogP contribution in [0.1, 0.15) is 26.5 Å². The molecule has 0 amide bonds. The highest BCUT2D eigenvalue weighted by Crippen LogP contribution is 2.28. The largest absolute Gasteiger partial charge is 0.464 e. The maximum absolute atomic E-state index is 13.1. The van der Waals surface area contributed by atoms with E-state index in [0.29, 0.717) is 10.7 Å². The van der Waals surface area contributed by atoms with E-state index < -0.39 is 11.8 Å². The molecule has 3 aromatic rings. The zero-order valence-electron chi connectivity index (χ0n) is 13.5. The average molecular weight is 445 g/mol. The predicted molar refractivity (Wildman–Crippen MR) is 103 cm³/mol. The Bertz CT molecular complexity index is 1070. The lowest BCUT2D eigenvalue weighted by Gasteiger charge is -2.09. The zero-order chi connectivity index (χ0) is 19.7. The van der Waals surface area contributed by atoms with Crippen molar-refractivity contribution in [3.63, 3.8) is 0 Å². The van der Waals surface area contributed by atoms with Crippen molar-refractivity contribution in [2.24, 2.45) is 0 Å². The number of carbonyl (C=O) groups is 2. The van der Waals surface area contributed by atoms with Gasteiger partial charge < -0.3 is 4.74 Å². The number of benzene rings is 2. The van der Waals surface area contributed by atoms with Crippen molar-refractivity contribution >= 4 is 58.2 Å². The number of hydrogen-bond donors (Lipinski definition) is 0. The second kappa shape index (κ2) is 7.86. The highest BCUT2D eigenvalue weighted by atomic mass is 35.5. The van der Waals surface area contributed by atoms with Crippen LogP contribution in [0.15, 0.2) is 36.4 Å². The molecule has 0 spiro atoms. The fraction of sp³-hybridized carbons (Fsp3) is 0.0588. The Hall–Kier alpha value is -2.12. The Morgan fingerprint density at radius 2 is 1.70 bits per heavy atom. The third-order valence-corrected chi connectivity index (χ3v) is 4.86. The molecule has 0 fully saturated rings. The van der Waals surface area contributed by atoms with Crippen molar-refractivity contribution < 1.29 is 14.3 Å². The number of rotatable bonds is 4. The van der Waals surface area contributed by atoms with Crippen LogP contribution < -0.4 is 0 Å². The first-order valence-electron chi connectivity index (χ1n) is 7.32. The van der Waals surface area contributed by atoms with Gasteiger partial charge in [-0.2, -0.15) is 0 Å². The molecule has 0 radical (unpaired) electrons. The normalized spacial score (nSPS) is 10.7. The van der Waals surface area contributed by atoms with Gasteiger partial charge in [0.15, 0.2) is 5.69 Å². The van der Waals surface area contributed by atoms with Crippen molar-refractivity contribution in [3.8, 4) is 5.69 Å². The zero-order valence-corrected chi connectivity index (χ0v) is 16.6. The SMILES string of the molecule is COC(=O)c1nnn(-c2ccc(Cl)cc2Cl)c1C(=O)c1ccc(Cl)c(Cl)c1. The molecule has 0 N–H and O–H groups in total. The van der Waals surface area contributed by atoms with Crippen LogP contribution in [0, 0.1) is 0 Å². The van der Waals surface area contributed by atoms with Gasteiger partial charge in [0, 0.05) is 10.6 Å². The van der Waals surface area contributed by atoms with E-state index in [1.807, 2.05) is 0 Å². The van der Waals surface area contributed by atoms with E-state index in [0.717, 1.165) is 4.68 Å². The summed E-state index contributed by atoms with van der Waals surface area (Å²) in [6.45, 7) is 0. The highest BCUT2D eigenvalue weighted by molar-refractivity contribution is 6.42. The quantitative estimate of drug-likeness (QED) is 0.422. The molecular formula is C17H9Cl4N3O3. The molecule has 2 aromatic carbocycles. The standard InChI is InChI=1S/C17H9Cl4N3O3/c1-27-17(26)14-15(16(25)8-2-4-10(19)11(20)6-8)24(23-22-14)13-5-3-9(18)7-12(13)21/h2-7H,1H3. The monoisotopic (exact) mass is 443 g/mol. The number of ether oxygens (including phenoxy) is 1. The maximum Gasteiger partial charge on any atom is 0.361 e. The van der Waals surface area contributed by atoms with E-state index in [9.17, 15) is 9.59 Å².